The molecule has 0 unspecified atom stereocenters. The molecule has 2 aromatic rings. The van der Waals surface area contributed by atoms with E-state index in [1.54, 1.807) is 6.33 Å². The molecule has 2 heterocycles. The van der Waals surface area contributed by atoms with E-state index in [9.17, 15) is 0 Å². The Kier molecular flexibility index (Phi) is 2.25. The van der Waals surface area contributed by atoms with Crippen molar-refractivity contribution in [2.45, 2.75) is 6.92 Å². The minimum absolute atomic E-state index is 0.381. The highest BCUT2D eigenvalue weighted by Gasteiger charge is 2.09. The molecule has 1 N–H and O–H groups in total. The number of nitrogens with one attached hydrogen (secondary N) is 1. The fourth-order valence-electron chi connectivity index (χ4n) is 1.21. The third kappa shape index (κ3) is 1.39. The van der Waals surface area contributed by atoms with E-state index in [1.807, 2.05) is 18.5 Å². The summed E-state index contributed by atoms with van der Waals surface area (Å²) in [6.45, 7) is 2.74. The summed E-state index contributed by atoms with van der Waals surface area (Å²) in [6, 6.07) is 0. The quantitative estimate of drug-likeness (QED) is 0.764. The van der Waals surface area contributed by atoms with Crippen LogP contribution in [0.2, 0.25) is 5.15 Å². The van der Waals surface area contributed by atoms with Crippen LogP contribution < -0.4 is 5.32 Å². The number of hydrogen-bond acceptors (Lipinski definition) is 4. The predicted molar refractivity (Wildman–Crippen MR) is 55.5 cm³/mol. The Bertz CT molecular complexity index is 464. The van der Waals surface area contributed by atoms with Crippen molar-refractivity contribution >= 4 is 28.7 Å². The van der Waals surface area contributed by atoms with Crippen molar-refractivity contribution in [1.82, 2.24) is 19.5 Å². The van der Waals surface area contributed by atoms with E-state index in [0.29, 0.717) is 16.6 Å². The molecule has 74 valence electrons. The second kappa shape index (κ2) is 3.42. The van der Waals surface area contributed by atoms with Gasteiger partial charge in [0.25, 0.3) is 0 Å². The normalized spacial score (nSPS) is 10.8. The molecule has 0 aliphatic heterocycles. The van der Waals surface area contributed by atoms with Gasteiger partial charge < -0.3 is 9.88 Å². The van der Waals surface area contributed by atoms with E-state index in [1.165, 1.54) is 0 Å². The van der Waals surface area contributed by atoms with Gasteiger partial charge in [0.2, 0.25) is 5.95 Å². The van der Waals surface area contributed by atoms with Crippen molar-refractivity contribution in [2.24, 2.45) is 7.05 Å². The second-order valence-corrected chi connectivity index (χ2v) is 3.25. The summed E-state index contributed by atoms with van der Waals surface area (Å²) >= 11 is 5.94. The SMILES string of the molecule is CCNc1nc(Cl)c2ncn(C)c2n1. The zero-order valence-corrected chi connectivity index (χ0v) is 8.71. The zero-order chi connectivity index (χ0) is 10.1. The Morgan fingerprint density at radius 2 is 2.29 bits per heavy atom. The smallest absolute Gasteiger partial charge is 0.226 e. The van der Waals surface area contributed by atoms with Crippen LogP contribution in [0.4, 0.5) is 5.95 Å². The Morgan fingerprint density at radius 3 is 3.00 bits per heavy atom. The third-order valence-corrected chi connectivity index (χ3v) is 2.12. The van der Waals surface area contributed by atoms with Crippen LogP contribution >= 0.6 is 11.6 Å². The predicted octanol–water partition coefficient (Wildman–Crippen LogP) is 1.45. The number of rotatable bonds is 2. The van der Waals surface area contributed by atoms with Crippen molar-refractivity contribution in [3.63, 3.8) is 0 Å². The molecule has 0 aliphatic rings. The standard InChI is InChI=1S/C8H10ClN5/c1-3-10-8-12-6(9)5-7(13-8)14(2)4-11-5/h4H,3H2,1-2H3,(H,10,12,13). The number of imidazole rings is 1. The highest BCUT2D eigenvalue weighted by molar-refractivity contribution is 6.33. The summed E-state index contributed by atoms with van der Waals surface area (Å²) in [4.78, 5) is 12.4. The molecule has 0 saturated heterocycles. The summed E-state index contributed by atoms with van der Waals surface area (Å²) in [5.41, 5.74) is 1.37. The van der Waals surface area contributed by atoms with Gasteiger partial charge in [0.1, 0.15) is 5.52 Å². The van der Waals surface area contributed by atoms with E-state index < -0.39 is 0 Å². The summed E-state index contributed by atoms with van der Waals surface area (Å²) in [6.07, 6.45) is 1.67. The number of aromatic nitrogens is 4. The fourth-order valence-corrected chi connectivity index (χ4v) is 1.42. The molecule has 6 heteroatoms. The molecular formula is C8H10ClN5. The van der Waals surface area contributed by atoms with E-state index in [0.717, 1.165) is 12.2 Å². The van der Waals surface area contributed by atoms with E-state index in [4.69, 9.17) is 11.6 Å². The van der Waals surface area contributed by atoms with Gasteiger partial charge in [0.05, 0.1) is 6.33 Å². The third-order valence-electron chi connectivity index (χ3n) is 1.85. The average molecular weight is 212 g/mol. The maximum Gasteiger partial charge on any atom is 0.226 e. The fraction of sp³-hybridized carbons (Fsp3) is 0.375. The first-order valence-electron chi connectivity index (χ1n) is 4.30. The Hall–Kier alpha value is -1.36. The molecule has 0 spiro atoms. The zero-order valence-electron chi connectivity index (χ0n) is 7.95. The monoisotopic (exact) mass is 211 g/mol. The van der Waals surface area contributed by atoms with Crippen LogP contribution in [0.3, 0.4) is 0 Å². The lowest BCUT2D eigenvalue weighted by molar-refractivity contribution is 0.927. The molecule has 5 nitrogen and oxygen atoms in total. The average Bonchev–Trinajstić information content (AvgIpc) is 2.49. The van der Waals surface area contributed by atoms with Crippen LogP contribution in [0.25, 0.3) is 11.2 Å². The van der Waals surface area contributed by atoms with Gasteiger partial charge in [0.15, 0.2) is 10.8 Å². The second-order valence-electron chi connectivity index (χ2n) is 2.90. The molecule has 2 aromatic heterocycles. The minimum atomic E-state index is 0.381. The maximum absolute atomic E-state index is 5.94. The topological polar surface area (TPSA) is 55.6 Å². The lowest BCUT2D eigenvalue weighted by Gasteiger charge is -2.02. The molecule has 0 radical (unpaired) electrons. The first-order valence-corrected chi connectivity index (χ1v) is 4.68. The molecule has 0 amide bonds. The lowest BCUT2D eigenvalue weighted by Crippen LogP contribution is -2.03. The van der Waals surface area contributed by atoms with E-state index in [-0.39, 0.29) is 0 Å². The number of nitrogens with zero attached hydrogens (tertiary/aromatic N) is 4. The maximum atomic E-state index is 5.94. The van der Waals surface area contributed by atoms with E-state index >= 15 is 0 Å². The van der Waals surface area contributed by atoms with Gasteiger partial charge in [-0.2, -0.15) is 9.97 Å². The molecule has 14 heavy (non-hydrogen) atoms. The Morgan fingerprint density at radius 1 is 1.50 bits per heavy atom. The lowest BCUT2D eigenvalue weighted by atomic mass is 10.5. The first-order chi connectivity index (χ1) is 6.72. The minimum Gasteiger partial charge on any atom is -0.354 e. The summed E-state index contributed by atoms with van der Waals surface area (Å²) in [5, 5.41) is 3.39. The highest BCUT2D eigenvalue weighted by Crippen LogP contribution is 2.19. The van der Waals surface area contributed by atoms with Gasteiger partial charge in [-0.1, -0.05) is 11.6 Å². The van der Waals surface area contributed by atoms with Crippen LogP contribution in [0.1, 0.15) is 6.92 Å². The van der Waals surface area contributed by atoms with Gasteiger partial charge in [0, 0.05) is 13.6 Å². The number of anilines is 1. The van der Waals surface area contributed by atoms with Crippen molar-refractivity contribution < 1.29 is 0 Å². The van der Waals surface area contributed by atoms with Crippen molar-refractivity contribution in [3.05, 3.63) is 11.5 Å². The molecule has 0 aliphatic carbocycles. The van der Waals surface area contributed by atoms with Gasteiger partial charge >= 0.3 is 0 Å². The molecule has 0 atom stereocenters. The van der Waals surface area contributed by atoms with Crippen molar-refractivity contribution in [3.8, 4) is 0 Å². The van der Waals surface area contributed by atoms with E-state index in [2.05, 4.69) is 20.3 Å². The van der Waals surface area contributed by atoms with Gasteiger partial charge in [-0.3, -0.25) is 0 Å². The molecule has 0 aromatic carbocycles. The summed E-state index contributed by atoms with van der Waals surface area (Å²) < 4.78 is 1.81. The van der Waals surface area contributed by atoms with Crippen LogP contribution in [0.15, 0.2) is 6.33 Å². The number of fused-ring (bicyclic) bond motifs is 1. The van der Waals surface area contributed by atoms with Crippen molar-refractivity contribution in [1.29, 1.82) is 0 Å². The van der Waals surface area contributed by atoms with Crippen LogP contribution in [-0.4, -0.2) is 26.1 Å². The molecule has 2 rings (SSSR count). The summed E-state index contributed by atoms with van der Waals surface area (Å²) in [5.74, 6) is 0.536. The Labute approximate surface area is 86.1 Å². The van der Waals surface area contributed by atoms with Gasteiger partial charge in [-0.15, -0.1) is 0 Å². The van der Waals surface area contributed by atoms with Crippen LogP contribution in [-0.2, 0) is 7.05 Å². The first kappa shape index (κ1) is 9.21. The van der Waals surface area contributed by atoms with Crippen LogP contribution in [0, 0.1) is 0 Å². The molecular weight excluding hydrogens is 202 g/mol. The number of aryl methyl sites for hydroxylation is 1. The largest absolute Gasteiger partial charge is 0.354 e. The Balaban J connectivity index is 2.63. The molecule has 0 bridgehead atoms. The molecule has 0 fully saturated rings. The van der Waals surface area contributed by atoms with Crippen molar-refractivity contribution in [2.75, 3.05) is 11.9 Å². The van der Waals surface area contributed by atoms with Gasteiger partial charge in [-0.05, 0) is 6.92 Å². The van der Waals surface area contributed by atoms with Gasteiger partial charge in [-0.25, -0.2) is 4.98 Å². The van der Waals surface area contributed by atoms with Crippen LogP contribution in [0.5, 0.6) is 0 Å². The summed E-state index contributed by atoms with van der Waals surface area (Å²) in [7, 11) is 1.87. The number of hydrogen-bond donors (Lipinski definition) is 1. The highest BCUT2D eigenvalue weighted by atomic mass is 35.5. The molecule has 0 saturated carbocycles. The number of halogens is 1.